The van der Waals surface area contributed by atoms with Crippen LogP contribution < -0.4 is 5.32 Å². The van der Waals surface area contributed by atoms with Crippen LogP contribution in [0.3, 0.4) is 0 Å². The lowest BCUT2D eigenvalue weighted by Gasteiger charge is -2.27. The Hall–Kier alpha value is -1.61. The fourth-order valence-electron chi connectivity index (χ4n) is 2.63. The fraction of sp³-hybridized carbons (Fsp3) is 0.500. The average Bonchev–Trinajstić information content (AvgIpc) is 2.90. The average molecular weight is 285 g/mol. The van der Waals surface area contributed by atoms with E-state index >= 15 is 0 Å². The molecule has 0 aliphatic heterocycles. The molecule has 21 heavy (non-hydrogen) atoms. The molecule has 0 saturated carbocycles. The van der Waals surface area contributed by atoms with Crippen LogP contribution in [-0.2, 0) is 13.1 Å². The van der Waals surface area contributed by atoms with Crippen LogP contribution in [0, 0.1) is 5.41 Å². The van der Waals surface area contributed by atoms with Gasteiger partial charge < -0.3 is 5.32 Å². The molecule has 0 radical (unpaired) electrons. The van der Waals surface area contributed by atoms with E-state index in [2.05, 4.69) is 74.5 Å². The number of rotatable bonds is 6. The lowest BCUT2D eigenvalue weighted by atomic mass is 9.85. The number of aromatic nitrogens is 2. The number of benzene rings is 1. The lowest BCUT2D eigenvalue weighted by Crippen LogP contribution is -2.26. The minimum atomic E-state index is 0.290. The van der Waals surface area contributed by atoms with Gasteiger partial charge in [0.05, 0.1) is 5.69 Å². The highest BCUT2D eigenvalue weighted by Gasteiger charge is 2.20. The van der Waals surface area contributed by atoms with E-state index in [4.69, 9.17) is 0 Å². The van der Waals surface area contributed by atoms with E-state index in [0.29, 0.717) is 11.5 Å². The van der Waals surface area contributed by atoms with Crippen molar-refractivity contribution in [2.24, 2.45) is 5.41 Å². The summed E-state index contributed by atoms with van der Waals surface area (Å²) in [5.74, 6) is 0. The van der Waals surface area contributed by atoms with Crippen molar-refractivity contribution in [1.29, 1.82) is 0 Å². The molecular formula is C18H27N3. The van der Waals surface area contributed by atoms with Crippen LogP contribution in [0.1, 0.15) is 51.4 Å². The number of hydrogen-bond donors (Lipinski definition) is 1. The quantitative estimate of drug-likeness (QED) is 0.863. The highest BCUT2D eigenvalue weighted by Crippen LogP contribution is 2.29. The molecule has 0 amide bonds. The summed E-state index contributed by atoms with van der Waals surface area (Å²) in [5, 5.41) is 8.05. The van der Waals surface area contributed by atoms with Gasteiger partial charge in [0.2, 0.25) is 0 Å². The molecule has 114 valence electrons. The summed E-state index contributed by atoms with van der Waals surface area (Å²) in [6.45, 7) is 10.8. The molecule has 1 atom stereocenters. The van der Waals surface area contributed by atoms with Crippen molar-refractivity contribution in [1.82, 2.24) is 15.1 Å². The van der Waals surface area contributed by atoms with Gasteiger partial charge in [0.25, 0.3) is 0 Å². The zero-order valence-corrected chi connectivity index (χ0v) is 13.6. The smallest absolute Gasteiger partial charge is 0.0522 e. The van der Waals surface area contributed by atoms with Crippen molar-refractivity contribution in [3.63, 3.8) is 0 Å². The Balaban J connectivity index is 2.09. The second-order valence-electron chi connectivity index (χ2n) is 6.75. The van der Waals surface area contributed by atoms with E-state index in [9.17, 15) is 0 Å². The Bertz CT molecular complexity index is 537. The van der Waals surface area contributed by atoms with Crippen LogP contribution >= 0.6 is 0 Å². The third kappa shape index (κ3) is 4.71. The molecule has 0 spiro atoms. The van der Waals surface area contributed by atoms with Gasteiger partial charge >= 0.3 is 0 Å². The summed E-state index contributed by atoms with van der Waals surface area (Å²) in [6.07, 6.45) is 2.99. The summed E-state index contributed by atoms with van der Waals surface area (Å²) in [5.41, 5.74) is 2.89. The molecule has 2 rings (SSSR count). The van der Waals surface area contributed by atoms with Crippen molar-refractivity contribution >= 4 is 0 Å². The standard InChI is InChI=1S/C18H27N3/c1-5-21-16(11-12-20-21)14-19-17(13-18(2,3)4)15-9-7-6-8-10-15/h6-12,17,19H,5,13-14H2,1-4H3. The Morgan fingerprint density at radius 1 is 1.14 bits per heavy atom. The van der Waals surface area contributed by atoms with Crippen LogP contribution in [0.4, 0.5) is 0 Å². The van der Waals surface area contributed by atoms with Gasteiger partial charge in [0.1, 0.15) is 0 Å². The van der Waals surface area contributed by atoms with Crippen molar-refractivity contribution in [3.8, 4) is 0 Å². The zero-order chi connectivity index (χ0) is 15.3. The number of nitrogens with one attached hydrogen (secondary N) is 1. The van der Waals surface area contributed by atoms with Crippen LogP contribution in [-0.4, -0.2) is 9.78 Å². The van der Waals surface area contributed by atoms with Gasteiger partial charge in [0.15, 0.2) is 0 Å². The molecule has 1 aromatic carbocycles. The molecule has 0 aliphatic rings. The Kier molecular flexibility index (Phi) is 5.18. The molecule has 0 saturated heterocycles. The van der Waals surface area contributed by atoms with Crippen LogP contribution in [0.5, 0.6) is 0 Å². The van der Waals surface area contributed by atoms with Gasteiger partial charge in [-0.15, -0.1) is 0 Å². The van der Waals surface area contributed by atoms with E-state index < -0.39 is 0 Å². The molecular weight excluding hydrogens is 258 g/mol. The second kappa shape index (κ2) is 6.90. The van der Waals surface area contributed by atoms with Crippen molar-refractivity contribution < 1.29 is 0 Å². The third-order valence-corrected chi connectivity index (χ3v) is 3.65. The first-order valence-electron chi connectivity index (χ1n) is 7.78. The molecule has 0 bridgehead atoms. The third-order valence-electron chi connectivity index (χ3n) is 3.65. The highest BCUT2D eigenvalue weighted by molar-refractivity contribution is 5.19. The first kappa shape index (κ1) is 15.8. The van der Waals surface area contributed by atoms with Crippen LogP contribution in [0.2, 0.25) is 0 Å². The molecule has 1 heterocycles. The van der Waals surface area contributed by atoms with Gasteiger partial charge in [-0.3, -0.25) is 4.68 Å². The molecule has 1 unspecified atom stereocenters. The van der Waals surface area contributed by atoms with Crippen LogP contribution in [0.25, 0.3) is 0 Å². The largest absolute Gasteiger partial charge is 0.304 e. The normalized spacial score (nSPS) is 13.3. The predicted octanol–water partition coefficient (Wildman–Crippen LogP) is 4.17. The molecule has 1 aromatic heterocycles. The fourth-order valence-corrected chi connectivity index (χ4v) is 2.63. The molecule has 2 aromatic rings. The summed E-state index contributed by atoms with van der Waals surface area (Å²) < 4.78 is 2.05. The SMILES string of the molecule is CCn1nccc1CNC(CC(C)(C)C)c1ccccc1. The summed E-state index contributed by atoms with van der Waals surface area (Å²) in [4.78, 5) is 0. The van der Waals surface area contributed by atoms with E-state index in [-0.39, 0.29) is 0 Å². The van der Waals surface area contributed by atoms with Gasteiger partial charge in [-0.1, -0.05) is 51.1 Å². The number of nitrogens with zero attached hydrogens (tertiary/aromatic N) is 2. The summed E-state index contributed by atoms with van der Waals surface area (Å²) in [6, 6.07) is 13.2. The van der Waals surface area contributed by atoms with E-state index in [0.717, 1.165) is 19.5 Å². The number of hydrogen-bond acceptors (Lipinski definition) is 2. The van der Waals surface area contributed by atoms with Crippen molar-refractivity contribution in [2.45, 2.75) is 53.2 Å². The topological polar surface area (TPSA) is 29.9 Å². The first-order valence-corrected chi connectivity index (χ1v) is 7.78. The maximum Gasteiger partial charge on any atom is 0.0522 e. The Morgan fingerprint density at radius 3 is 2.48 bits per heavy atom. The van der Waals surface area contributed by atoms with Crippen molar-refractivity contribution in [2.75, 3.05) is 0 Å². The molecule has 0 fully saturated rings. The molecule has 0 aliphatic carbocycles. The maximum atomic E-state index is 4.34. The van der Waals surface area contributed by atoms with Gasteiger partial charge in [0, 0.05) is 25.3 Å². The highest BCUT2D eigenvalue weighted by atomic mass is 15.3. The second-order valence-corrected chi connectivity index (χ2v) is 6.75. The van der Waals surface area contributed by atoms with Gasteiger partial charge in [-0.05, 0) is 30.4 Å². The predicted molar refractivity (Wildman–Crippen MR) is 88.0 cm³/mol. The molecule has 3 heteroatoms. The Labute approximate surface area is 128 Å². The monoisotopic (exact) mass is 285 g/mol. The van der Waals surface area contributed by atoms with Gasteiger partial charge in [-0.2, -0.15) is 5.10 Å². The van der Waals surface area contributed by atoms with Crippen molar-refractivity contribution in [3.05, 3.63) is 53.9 Å². The summed E-state index contributed by atoms with van der Waals surface area (Å²) in [7, 11) is 0. The zero-order valence-electron chi connectivity index (χ0n) is 13.6. The van der Waals surface area contributed by atoms with E-state index in [1.165, 1.54) is 11.3 Å². The minimum absolute atomic E-state index is 0.290. The summed E-state index contributed by atoms with van der Waals surface area (Å²) >= 11 is 0. The molecule has 1 N–H and O–H groups in total. The first-order chi connectivity index (χ1) is 9.99. The number of aryl methyl sites for hydroxylation is 1. The Morgan fingerprint density at radius 2 is 1.86 bits per heavy atom. The van der Waals surface area contributed by atoms with Gasteiger partial charge in [-0.25, -0.2) is 0 Å². The van der Waals surface area contributed by atoms with E-state index in [1.54, 1.807) is 0 Å². The maximum absolute atomic E-state index is 4.34. The van der Waals surface area contributed by atoms with Crippen LogP contribution in [0.15, 0.2) is 42.6 Å². The lowest BCUT2D eigenvalue weighted by molar-refractivity contribution is 0.308. The minimum Gasteiger partial charge on any atom is -0.304 e. The molecule has 3 nitrogen and oxygen atoms in total. The van der Waals surface area contributed by atoms with E-state index in [1.807, 2.05) is 10.9 Å².